The summed E-state index contributed by atoms with van der Waals surface area (Å²) in [6.45, 7) is 5.69. The number of aromatic nitrogens is 1. The molecule has 0 amide bonds. The predicted molar refractivity (Wildman–Crippen MR) is 62.8 cm³/mol. The normalized spacial score (nSPS) is 14.7. The zero-order chi connectivity index (χ0) is 11.4. The largest absolute Gasteiger partial charge is 0.396 e. The van der Waals surface area contributed by atoms with Gasteiger partial charge >= 0.3 is 0 Å². The third-order valence-electron chi connectivity index (χ3n) is 2.14. The highest BCUT2D eigenvalue weighted by Crippen LogP contribution is 2.17. The number of hydrogen-bond donors (Lipinski definition) is 3. The first-order valence-corrected chi connectivity index (χ1v) is 5.16. The molecule has 4 heteroatoms. The summed E-state index contributed by atoms with van der Waals surface area (Å²) in [5, 5.41) is 12.4. The van der Waals surface area contributed by atoms with Crippen LogP contribution in [0.5, 0.6) is 0 Å². The fourth-order valence-corrected chi connectivity index (χ4v) is 1.49. The van der Waals surface area contributed by atoms with E-state index in [-0.39, 0.29) is 12.1 Å². The average molecular weight is 209 g/mol. The molecule has 1 aromatic rings. The molecule has 0 aliphatic rings. The third kappa shape index (κ3) is 3.75. The Labute approximate surface area is 90.5 Å². The Bertz CT molecular complexity index is 326. The van der Waals surface area contributed by atoms with Crippen LogP contribution in [0.15, 0.2) is 12.1 Å². The number of aryl methyl sites for hydroxylation is 1. The third-order valence-corrected chi connectivity index (χ3v) is 2.14. The Hall–Kier alpha value is -1.29. The summed E-state index contributed by atoms with van der Waals surface area (Å²) >= 11 is 0. The monoisotopic (exact) mass is 209 g/mol. The number of aliphatic hydroxyl groups is 1. The first kappa shape index (κ1) is 11.8. The van der Waals surface area contributed by atoms with Crippen LogP contribution in [-0.4, -0.2) is 22.2 Å². The highest BCUT2D eigenvalue weighted by Gasteiger charge is 2.08. The van der Waals surface area contributed by atoms with Gasteiger partial charge in [-0.1, -0.05) is 0 Å². The number of pyridine rings is 1. The van der Waals surface area contributed by atoms with E-state index >= 15 is 0 Å². The Morgan fingerprint density at radius 2 is 2.13 bits per heavy atom. The molecule has 0 saturated carbocycles. The second kappa shape index (κ2) is 4.98. The van der Waals surface area contributed by atoms with Crippen molar-refractivity contribution in [2.75, 3.05) is 11.1 Å². The lowest BCUT2D eigenvalue weighted by Crippen LogP contribution is -2.22. The minimum Gasteiger partial charge on any atom is -0.396 e. The molecule has 1 aromatic heterocycles. The summed E-state index contributed by atoms with van der Waals surface area (Å²) in [6, 6.07) is 3.86. The molecule has 0 radical (unpaired) electrons. The van der Waals surface area contributed by atoms with Gasteiger partial charge in [-0.05, 0) is 39.3 Å². The Morgan fingerprint density at radius 1 is 1.47 bits per heavy atom. The van der Waals surface area contributed by atoms with Crippen LogP contribution in [-0.2, 0) is 0 Å². The van der Waals surface area contributed by atoms with E-state index in [2.05, 4.69) is 10.3 Å². The predicted octanol–water partition coefficient (Wildman–Crippen LogP) is 1.54. The van der Waals surface area contributed by atoms with E-state index in [9.17, 15) is 5.11 Å². The molecule has 84 valence electrons. The van der Waals surface area contributed by atoms with Gasteiger partial charge in [0.2, 0.25) is 0 Å². The molecule has 0 aromatic carbocycles. The smallest absolute Gasteiger partial charge is 0.149 e. The van der Waals surface area contributed by atoms with Gasteiger partial charge in [0.25, 0.3) is 0 Å². The fourth-order valence-electron chi connectivity index (χ4n) is 1.49. The molecule has 0 saturated heterocycles. The molecule has 1 rings (SSSR count). The highest BCUT2D eigenvalue weighted by atomic mass is 16.3. The first-order valence-electron chi connectivity index (χ1n) is 5.16. The molecule has 4 nitrogen and oxygen atoms in total. The SMILES string of the molecule is Cc1ccc(N)c(NC(C)CC(C)O)n1. The number of nitrogens with zero attached hydrogens (tertiary/aromatic N) is 1. The van der Waals surface area contributed by atoms with Crippen molar-refractivity contribution in [3.8, 4) is 0 Å². The fraction of sp³-hybridized carbons (Fsp3) is 0.545. The van der Waals surface area contributed by atoms with Crippen molar-refractivity contribution in [1.29, 1.82) is 0 Å². The maximum atomic E-state index is 9.23. The molecule has 0 fully saturated rings. The van der Waals surface area contributed by atoms with Crippen molar-refractivity contribution in [3.63, 3.8) is 0 Å². The van der Waals surface area contributed by atoms with Crippen LogP contribution in [0.1, 0.15) is 26.0 Å². The number of aliphatic hydroxyl groups excluding tert-OH is 1. The topological polar surface area (TPSA) is 71.2 Å². The number of hydrogen-bond acceptors (Lipinski definition) is 4. The van der Waals surface area contributed by atoms with Crippen molar-refractivity contribution >= 4 is 11.5 Å². The molecule has 1 heterocycles. The molecule has 0 aliphatic carbocycles. The molecular weight excluding hydrogens is 190 g/mol. The number of nitrogens with one attached hydrogen (secondary N) is 1. The molecule has 2 unspecified atom stereocenters. The van der Waals surface area contributed by atoms with Gasteiger partial charge in [0.05, 0.1) is 11.8 Å². The maximum Gasteiger partial charge on any atom is 0.149 e. The van der Waals surface area contributed by atoms with Gasteiger partial charge in [0.1, 0.15) is 5.82 Å². The second-order valence-corrected chi connectivity index (χ2v) is 4.02. The standard InChI is InChI=1S/C11H19N3O/c1-7-4-5-10(12)11(13-7)14-8(2)6-9(3)15/h4-5,8-9,15H,6,12H2,1-3H3,(H,13,14). The second-order valence-electron chi connectivity index (χ2n) is 4.02. The first-order chi connectivity index (χ1) is 6.99. The van der Waals surface area contributed by atoms with Gasteiger partial charge in [-0.3, -0.25) is 0 Å². The van der Waals surface area contributed by atoms with E-state index in [1.165, 1.54) is 0 Å². The van der Waals surface area contributed by atoms with Gasteiger partial charge in [0.15, 0.2) is 0 Å². The molecule has 0 spiro atoms. The van der Waals surface area contributed by atoms with Gasteiger partial charge < -0.3 is 16.2 Å². The lowest BCUT2D eigenvalue weighted by Gasteiger charge is -2.17. The van der Waals surface area contributed by atoms with Crippen LogP contribution < -0.4 is 11.1 Å². The van der Waals surface area contributed by atoms with E-state index in [1.807, 2.05) is 26.0 Å². The summed E-state index contributed by atoms with van der Waals surface area (Å²) in [4.78, 5) is 4.30. The highest BCUT2D eigenvalue weighted by molar-refractivity contribution is 5.61. The number of rotatable bonds is 4. The van der Waals surface area contributed by atoms with E-state index in [0.717, 1.165) is 5.69 Å². The molecule has 2 atom stereocenters. The molecule has 0 aliphatic heterocycles. The number of anilines is 2. The van der Waals surface area contributed by atoms with Crippen molar-refractivity contribution in [2.24, 2.45) is 0 Å². The van der Waals surface area contributed by atoms with Crippen LogP contribution in [0.2, 0.25) is 0 Å². The summed E-state index contributed by atoms with van der Waals surface area (Å²) in [6.07, 6.45) is 0.355. The quantitative estimate of drug-likeness (QED) is 0.703. The lowest BCUT2D eigenvalue weighted by atomic mass is 10.1. The van der Waals surface area contributed by atoms with Crippen LogP contribution in [0.3, 0.4) is 0 Å². The van der Waals surface area contributed by atoms with E-state index < -0.39 is 0 Å². The summed E-state index contributed by atoms with van der Waals surface area (Å²) < 4.78 is 0. The van der Waals surface area contributed by atoms with Gasteiger partial charge in [0, 0.05) is 11.7 Å². The van der Waals surface area contributed by atoms with Crippen LogP contribution in [0, 0.1) is 6.92 Å². The average Bonchev–Trinajstić information content (AvgIpc) is 2.10. The number of nitrogen functional groups attached to an aromatic ring is 1. The molecule has 4 N–H and O–H groups in total. The molecule has 15 heavy (non-hydrogen) atoms. The minimum atomic E-state index is -0.321. The summed E-state index contributed by atoms with van der Waals surface area (Å²) in [7, 11) is 0. The van der Waals surface area contributed by atoms with Gasteiger partial charge in [-0.25, -0.2) is 4.98 Å². The van der Waals surface area contributed by atoms with E-state index in [4.69, 9.17) is 5.73 Å². The Balaban J connectivity index is 2.67. The van der Waals surface area contributed by atoms with Crippen molar-refractivity contribution in [1.82, 2.24) is 4.98 Å². The summed E-state index contributed by atoms with van der Waals surface area (Å²) in [5.74, 6) is 0.697. The van der Waals surface area contributed by atoms with E-state index in [1.54, 1.807) is 6.92 Å². The zero-order valence-electron chi connectivity index (χ0n) is 9.49. The van der Waals surface area contributed by atoms with Gasteiger partial charge in [-0.2, -0.15) is 0 Å². The van der Waals surface area contributed by atoms with Crippen molar-refractivity contribution in [3.05, 3.63) is 17.8 Å². The Morgan fingerprint density at radius 3 is 2.73 bits per heavy atom. The number of nitrogens with two attached hydrogens (primary N) is 1. The van der Waals surface area contributed by atoms with Crippen molar-refractivity contribution in [2.45, 2.75) is 39.3 Å². The van der Waals surface area contributed by atoms with Crippen LogP contribution in [0.25, 0.3) is 0 Å². The maximum absolute atomic E-state index is 9.23. The zero-order valence-corrected chi connectivity index (χ0v) is 9.49. The molecule has 0 bridgehead atoms. The minimum absolute atomic E-state index is 0.154. The Kier molecular flexibility index (Phi) is 3.91. The molecular formula is C11H19N3O. The van der Waals surface area contributed by atoms with Crippen molar-refractivity contribution < 1.29 is 5.11 Å². The summed E-state index contributed by atoms with van der Waals surface area (Å²) in [5.41, 5.74) is 7.34. The van der Waals surface area contributed by atoms with Gasteiger partial charge in [-0.15, -0.1) is 0 Å². The van der Waals surface area contributed by atoms with Crippen LogP contribution in [0.4, 0.5) is 11.5 Å². The van der Waals surface area contributed by atoms with E-state index in [0.29, 0.717) is 17.9 Å². The van der Waals surface area contributed by atoms with Crippen LogP contribution >= 0.6 is 0 Å². The lowest BCUT2D eigenvalue weighted by molar-refractivity contribution is 0.179.